The summed E-state index contributed by atoms with van der Waals surface area (Å²) in [5.41, 5.74) is 0.448. The Bertz CT molecular complexity index is 537. The Morgan fingerprint density at radius 3 is 2.41 bits per heavy atom. The Morgan fingerprint density at radius 1 is 1.35 bits per heavy atom. The molecule has 0 spiro atoms. The number of sulfonamides is 1. The topological polar surface area (TPSA) is 89.3 Å². The van der Waals surface area contributed by atoms with Crippen LogP contribution < -0.4 is 4.72 Å². The molecule has 94 valence electrons. The van der Waals surface area contributed by atoms with Crippen LogP contribution in [0.15, 0.2) is 18.2 Å². The predicted molar refractivity (Wildman–Crippen MR) is 65.5 cm³/mol. The molecule has 0 atom stereocenters. The summed E-state index contributed by atoms with van der Waals surface area (Å²) in [6.45, 7) is 4.58. The van der Waals surface area contributed by atoms with Crippen LogP contribution in [0.4, 0.5) is 11.4 Å². The van der Waals surface area contributed by atoms with E-state index in [4.69, 9.17) is 0 Å². The highest BCUT2D eigenvalue weighted by atomic mass is 32.2. The summed E-state index contributed by atoms with van der Waals surface area (Å²) in [6, 6.07) is 4.29. The van der Waals surface area contributed by atoms with Crippen LogP contribution >= 0.6 is 0 Å². The molecule has 1 aromatic rings. The summed E-state index contributed by atoms with van der Waals surface area (Å²) < 4.78 is 25.7. The van der Waals surface area contributed by atoms with Crippen LogP contribution in [0.5, 0.6) is 0 Å². The van der Waals surface area contributed by atoms with E-state index in [0.29, 0.717) is 5.56 Å². The van der Waals surface area contributed by atoms with Crippen molar-refractivity contribution in [1.29, 1.82) is 0 Å². The largest absolute Gasteiger partial charge is 0.283 e. The van der Waals surface area contributed by atoms with Gasteiger partial charge in [-0.2, -0.15) is 0 Å². The van der Waals surface area contributed by atoms with Gasteiger partial charge in [-0.1, -0.05) is 6.07 Å². The lowest BCUT2D eigenvalue weighted by Gasteiger charge is -2.12. The van der Waals surface area contributed by atoms with Crippen molar-refractivity contribution in [2.45, 2.75) is 26.0 Å². The average Bonchev–Trinajstić information content (AvgIpc) is 2.20. The Balaban J connectivity index is 3.18. The Labute approximate surface area is 99.9 Å². The van der Waals surface area contributed by atoms with Gasteiger partial charge in [-0.05, 0) is 26.8 Å². The van der Waals surface area contributed by atoms with Gasteiger partial charge < -0.3 is 0 Å². The second-order valence-electron chi connectivity index (χ2n) is 3.90. The van der Waals surface area contributed by atoms with Crippen molar-refractivity contribution in [3.8, 4) is 0 Å². The van der Waals surface area contributed by atoms with Gasteiger partial charge >= 0.3 is 0 Å². The quantitative estimate of drug-likeness (QED) is 0.661. The number of nitrogens with zero attached hydrogens (tertiary/aromatic N) is 1. The third-order valence-corrected chi connectivity index (χ3v) is 4.12. The standard InChI is InChI=1S/C10H14N2O4S/c1-7(2)17(15,16)11-9-5-4-6-10(8(9)3)12(13)14/h4-7,11H,1-3H3. The van der Waals surface area contributed by atoms with E-state index in [1.54, 1.807) is 0 Å². The Kier molecular flexibility index (Phi) is 3.72. The van der Waals surface area contributed by atoms with Crippen LogP contribution in [-0.4, -0.2) is 18.6 Å². The van der Waals surface area contributed by atoms with Crippen LogP contribution in [-0.2, 0) is 10.0 Å². The van der Waals surface area contributed by atoms with Crippen molar-refractivity contribution in [2.24, 2.45) is 0 Å². The number of nitro benzene ring substituents is 1. The number of hydrogen-bond donors (Lipinski definition) is 1. The molecular formula is C10H14N2O4S. The summed E-state index contributed by atoms with van der Waals surface area (Å²) in [5, 5.41) is 10.1. The van der Waals surface area contributed by atoms with E-state index in [9.17, 15) is 18.5 Å². The molecule has 0 saturated heterocycles. The zero-order valence-electron chi connectivity index (χ0n) is 9.80. The highest BCUT2D eigenvalue weighted by molar-refractivity contribution is 7.93. The van der Waals surface area contributed by atoms with Gasteiger partial charge in [-0.15, -0.1) is 0 Å². The van der Waals surface area contributed by atoms with E-state index in [-0.39, 0.29) is 11.4 Å². The van der Waals surface area contributed by atoms with E-state index >= 15 is 0 Å². The van der Waals surface area contributed by atoms with Gasteiger partial charge in [0.15, 0.2) is 0 Å². The van der Waals surface area contributed by atoms with E-state index in [2.05, 4.69) is 4.72 Å². The highest BCUT2D eigenvalue weighted by Gasteiger charge is 2.19. The van der Waals surface area contributed by atoms with Crippen LogP contribution in [0.3, 0.4) is 0 Å². The first-order valence-corrected chi connectivity index (χ1v) is 6.56. The molecule has 0 radical (unpaired) electrons. The lowest BCUT2D eigenvalue weighted by atomic mass is 10.2. The molecule has 0 aliphatic rings. The maximum absolute atomic E-state index is 11.7. The molecule has 0 unspecified atom stereocenters. The summed E-state index contributed by atoms with van der Waals surface area (Å²) in [7, 11) is -3.49. The van der Waals surface area contributed by atoms with Crippen molar-refractivity contribution >= 4 is 21.4 Å². The maximum atomic E-state index is 11.7. The van der Waals surface area contributed by atoms with Gasteiger partial charge in [0.05, 0.1) is 21.4 Å². The molecular weight excluding hydrogens is 244 g/mol. The van der Waals surface area contributed by atoms with Crippen LogP contribution in [0, 0.1) is 17.0 Å². The third-order valence-electron chi connectivity index (χ3n) is 2.37. The fourth-order valence-corrected chi connectivity index (χ4v) is 1.97. The molecule has 0 bridgehead atoms. The molecule has 1 N–H and O–H groups in total. The lowest BCUT2D eigenvalue weighted by molar-refractivity contribution is -0.385. The van der Waals surface area contributed by atoms with Gasteiger partial charge in [0.2, 0.25) is 10.0 Å². The fourth-order valence-electron chi connectivity index (χ4n) is 1.20. The minimum Gasteiger partial charge on any atom is -0.283 e. The van der Waals surface area contributed by atoms with Gasteiger partial charge in [0.25, 0.3) is 5.69 Å². The van der Waals surface area contributed by atoms with Crippen molar-refractivity contribution in [2.75, 3.05) is 4.72 Å². The number of nitrogens with one attached hydrogen (secondary N) is 1. The Morgan fingerprint density at radius 2 is 1.94 bits per heavy atom. The summed E-state index contributed by atoms with van der Waals surface area (Å²) in [6.07, 6.45) is 0. The summed E-state index contributed by atoms with van der Waals surface area (Å²) in [4.78, 5) is 10.2. The maximum Gasteiger partial charge on any atom is 0.274 e. The average molecular weight is 258 g/mol. The second-order valence-corrected chi connectivity index (χ2v) is 6.14. The first-order valence-electron chi connectivity index (χ1n) is 5.01. The highest BCUT2D eigenvalue weighted by Crippen LogP contribution is 2.26. The predicted octanol–water partition coefficient (Wildman–Crippen LogP) is 2.05. The molecule has 17 heavy (non-hydrogen) atoms. The molecule has 0 aromatic heterocycles. The van der Waals surface area contributed by atoms with E-state index < -0.39 is 20.2 Å². The fraction of sp³-hybridized carbons (Fsp3) is 0.400. The molecule has 1 rings (SSSR count). The number of rotatable bonds is 4. The van der Waals surface area contributed by atoms with Gasteiger partial charge in [-0.3, -0.25) is 14.8 Å². The molecule has 0 aliphatic heterocycles. The van der Waals surface area contributed by atoms with Crippen molar-refractivity contribution in [3.63, 3.8) is 0 Å². The summed E-state index contributed by atoms with van der Waals surface area (Å²) in [5.74, 6) is 0. The minimum absolute atomic E-state index is 0.103. The third kappa shape index (κ3) is 2.94. The molecule has 0 aliphatic carbocycles. The van der Waals surface area contributed by atoms with Crippen LogP contribution in [0.25, 0.3) is 0 Å². The molecule has 7 heteroatoms. The molecule has 0 fully saturated rings. The molecule has 0 amide bonds. The number of benzene rings is 1. The lowest BCUT2D eigenvalue weighted by Crippen LogP contribution is -2.23. The first kappa shape index (κ1) is 13.4. The van der Waals surface area contributed by atoms with E-state index in [0.717, 1.165) is 0 Å². The SMILES string of the molecule is Cc1c(NS(=O)(=O)C(C)C)cccc1[N+](=O)[O-]. The van der Waals surface area contributed by atoms with Crippen molar-refractivity contribution in [3.05, 3.63) is 33.9 Å². The van der Waals surface area contributed by atoms with Crippen molar-refractivity contribution in [1.82, 2.24) is 0 Å². The first-order chi connectivity index (χ1) is 7.75. The van der Waals surface area contributed by atoms with Crippen LogP contribution in [0.1, 0.15) is 19.4 Å². The minimum atomic E-state index is -3.49. The van der Waals surface area contributed by atoms with Gasteiger partial charge in [0.1, 0.15) is 0 Å². The zero-order valence-corrected chi connectivity index (χ0v) is 10.6. The number of anilines is 1. The molecule has 0 saturated carbocycles. The normalized spacial score (nSPS) is 11.5. The van der Waals surface area contributed by atoms with Gasteiger partial charge in [0, 0.05) is 6.07 Å². The van der Waals surface area contributed by atoms with Crippen molar-refractivity contribution < 1.29 is 13.3 Å². The molecule has 1 aromatic carbocycles. The monoisotopic (exact) mass is 258 g/mol. The van der Waals surface area contributed by atoms with E-state index in [1.165, 1.54) is 39.0 Å². The van der Waals surface area contributed by atoms with E-state index in [1.807, 2.05) is 0 Å². The van der Waals surface area contributed by atoms with Gasteiger partial charge in [-0.25, -0.2) is 8.42 Å². The second kappa shape index (κ2) is 4.70. The smallest absolute Gasteiger partial charge is 0.274 e. The number of hydrogen-bond acceptors (Lipinski definition) is 4. The summed E-state index contributed by atoms with van der Waals surface area (Å²) >= 11 is 0. The zero-order chi connectivity index (χ0) is 13.2. The molecule has 6 nitrogen and oxygen atoms in total. The van der Waals surface area contributed by atoms with Crippen LogP contribution in [0.2, 0.25) is 0 Å². The number of nitro groups is 1. The molecule has 0 heterocycles. The Hall–Kier alpha value is -1.63.